The van der Waals surface area contributed by atoms with E-state index in [-0.39, 0.29) is 11.6 Å². The van der Waals surface area contributed by atoms with Crippen molar-refractivity contribution in [3.05, 3.63) is 41.9 Å². The van der Waals surface area contributed by atoms with Gasteiger partial charge in [-0.3, -0.25) is 10.1 Å². The van der Waals surface area contributed by atoms with Gasteiger partial charge in [-0.05, 0) is 19.2 Å². The third-order valence-corrected chi connectivity index (χ3v) is 3.90. The molecule has 0 spiro atoms. The van der Waals surface area contributed by atoms with E-state index >= 15 is 0 Å². The minimum Gasteiger partial charge on any atom is -0.316 e. The van der Waals surface area contributed by atoms with E-state index in [1.807, 2.05) is 0 Å². The number of pyridine rings is 1. The molecule has 0 aliphatic carbocycles. The van der Waals surface area contributed by atoms with Crippen LogP contribution in [0.4, 0.5) is 0 Å². The highest BCUT2D eigenvalue weighted by molar-refractivity contribution is 7.89. The molecule has 102 valence electrons. The van der Waals surface area contributed by atoms with Gasteiger partial charge in [0, 0.05) is 18.3 Å². The fraction of sp³-hybridized carbons (Fsp3) is 0.273. The Hall–Kier alpha value is -1.77. The molecule has 0 aliphatic heterocycles. The Balaban J connectivity index is 2.12. The molecular weight excluding hydrogens is 266 g/mol. The van der Waals surface area contributed by atoms with E-state index in [0.717, 1.165) is 0 Å². The predicted octanol–water partition coefficient (Wildman–Crippen LogP) is 0.00260. The number of hydrogen-bond acceptors (Lipinski definition) is 5. The van der Waals surface area contributed by atoms with E-state index < -0.39 is 10.0 Å². The lowest BCUT2D eigenvalue weighted by atomic mass is 10.4. The van der Waals surface area contributed by atoms with Crippen molar-refractivity contribution in [3.8, 4) is 0 Å². The first-order chi connectivity index (χ1) is 9.13. The van der Waals surface area contributed by atoms with E-state index in [0.29, 0.717) is 17.8 Å². The molecule has 0 aliphatic rings. The lowest BCUT2D eigenvalue weighted by molar-refractivity contribution is 0.574. The Bertz CT molecular complexity index is 624. The molecule has 2 aromatic heterocycles. The standard InChI is InChI=1S/C11H15N5O2S/c1-12-6-9-7-14-16-11(9)19(17,18)15-8-10-4-2-3-5-13-10/h2-5,7,12,15H,6,8H2,1H3,(H,14,16). The van der Waals surface area contributed by atoms with Gasteiger partial charge in [0.05, 0.1) is 18.4 Å². The van der Waals surface area contributed by atoms with E-state index in [9.17, 15) is 8.42 Å². The molecule has 0 saturated carbocycles. The van der Waals surface area contributed by atoms with Gasteiger partial charge in [0.25, 0.3) is 10.0 Å². The number of rotatable bonds is 6. The summed E-state index contributed by atoms with van der Waals surface area (Å²) in [4.78, 5) is 4.06. The van der Waals surface area contributed by atoms with Gasteiger partial charge in [-0.15, -0.1) is 0 Å². The van der Waals surface area contributed by atoms with E-state index in [2.05, 4.69) is 25.2 Å². The average molecular weight is 281 g/mol. The van der Waals surface area contributed by atoms with Crippen molar-refractivity contribution in [2.75, 3.05) is 7.05 Å². The Kier molecular flexibility index (Phi) is 4.25. The van der Waals surface area contributed by atoms with Crippen molar-refractivity contribution in [1.29, 1.82) is 0 Å². The largest absolute Gasteiger partial charge is 0.316 e. The van der Waals surface area contributed by atoms with Crippen LogP contribution in [0.2, 0.25) is 0 Å². The Morgan fingerprint density at radius 1 is 1.32 bits per heavy atom. The first kappa shape index (κ1) is 13.7. The minimum absolute atomic E-state index is 0.0813. The molecular formula is C11H15N5O2S. The highest BCUT2D eigenvalue weighted by Crippen LogP contribution is 2.11. The van der Waals surface area contributed by atoms with Gasteiger partial charge in [0.2, 0.25) is 0 Å². The third kappa shape index (κ3) is 3.37. The van der Waals surface area contributed by atoms with Crippen molar-refractivity contribution in [1.82, 2.24) is 25.2 Å². The SMILES string of the molecule is CNCc1cn[nH]c1S(=O)(=O)NCc1ccccn1. The van der Waals surface area contributed by atoms with Crippen LogP contribution in [0.1, 0.15) is 11.3 Å². The van der Waals surface area contributed by atoms with Crippen LogP contribution in [0.15, 0.2) is 35.6 Å². The van der Waals surface area contributed by atoms with E-state index in [4.69, 9.17) is 0 Å². The predicted molar refractivity (Wildman–Crippen MR) is 69.6 cm³/mol. The number of nitrogens with zero attached hydrogens (tertiary/aromatic N) is 2. The van der Waals surface area contributed by atoms with E-state index in [1.54, 1.807) is 31.4 Å². The summed E-state index contributed by atoms with van der Waals surface area (Å²) in [6.45, 7) is 0.567. The maximum atomic E-state index is 12.1. The fourth-order valence-electron chi connectivity index (χ4n) is 1.59. The smallest absolute Gasteiger partial charge is 0.258 e. The van der Waals surface area contributed by atoms with Gasteiger partial charge in [0.15, 0.2) is 5.03 Å². The summed E-state index contributed by atoms with van der Waals surface area (Å²) in [5.41, 5.74) is 1.25. The van der Waals surface area contributed by atoms with Crippen molar-refractivity contribution < 1.29 is 8.42 Å². The highest BCUT2D eigenvalue weighted by atomic mass is 32.2. The number of aromatic nitrogens is 3. The van der Waals surface area contributed by atoms with Gasteiger partial charge in [-0.25, -0.2) is 13.1 Å². The monoisotopic (exact) mass is 281 g/mol. The molecule has 2 aromatic rings. The van der Waals surface area contributed by atoms with E-state index in [1.165, 1.54) is 6.20 Å². The molecule has 3 N–H and O–H groups in total. The maximum absolute atomic E-state index is 12.1. The summed E-state index contributed by atoms with van der Waals surface area (Å²) in [6, 6.07) is 5.33. The molecule has 0 fully saturated rings. The van der Waals surface area contributed by atoms with Crippen LogP contribution < -0.4 is 10.0 Å². The van der Waals surface area contributed by atoms with Crippen molar-refractivity contribution >= 4 is 10.0 Å². The summed E-state index contributed by atoms with van der Waals surface area (Å²) in [5.74, 6) is 0. The zero-order valence-corrected chi connectivity index (χ0v) is 11.2. The third-order valence-electron chi connectivity index (χ3n) is 2.48. The van der Waals surface area contributed by atoms with Crippen LogP contribution in [0, 0.1) is 0 Å². The number of H-pyrrole nitrogens is 1. The molecule has 0 radical (unpaired) electrons. The van der Waals surface area contributed by atoms with Gasteiger partial charge in [-0.2, -0.15) is 5.10 Å². The lowest BCUT2D eigenvalue weighted by Gasteiger charge is -2.06. The first-order valence-corrected chi connectivity index (χ1v) is 7.18. The molecule has 0 unspecified atom stereocenters. The van der Waals surface area contributed by atoms with Crippen LogP contribution in [-0.2, 0) is 23.1 Å². The maximum Gasteiger partial charge on any atom is 0.258 e. The number of sulfonamides is 1. The van der Waals surface area contributed by atoms with Crippen LogP contribution >= 0.6 is 0 Å². The highest BCUT2D eigenvalue weighted by Gasteiger charge is 2.20. The van der Waals surface area contributed by atoms with Crippen LogP contribution in [0.3, 0.4) is 0 Å². The van der Waals surface area contributed by atoms with Crippen molar-refractivity contribution in [2.45, 2.75) is 18.1 Å². The van der Waals surface area contributed by atoms with Crippen molar-refractivity contribution in [2.24, 2.45) is 0 Å². The second kappa shape index (κ2) is 5.91. The average Bonchev–Trinajstić information content (AvgIpc) is 2.87. The summed E-state index contributed by atoms with van der Waals surface area (Å²) in [7, 11) is -1.88. The minimum atomic E-state index is -3.62. The number of aromatic amines is 1. The fourth-order valence-corrected chi connectivity index (χ4v) is 2.72. The number of hydrogen-bond donors (Lipinski definition) is 3. The van der Waals surface area contributed by atoms with Gasteiger partial charge in [-0.1, -0.05) is 6.07 Å². The topological polar surface area (TPSA) is 99.8 Å². The summed E-state index contributed by atoms with van der Waals surface area (Å²) >= 11 is 0. The Labute approximate surface area is 111 Å². The molecule has 0 amide bonds. The molecule has 2 rings (SSSR count). The second-order valence-electron chi connectivity index (χ2n) is 3.90. The second-order valence-corrected chi connectivity index (χ2v) is 5.60. The zero-order valence-electron chi connectivity index (χ0n) is 10.4. The first-order valence-electron chi connectivity index (χ1n) is 5.70. The molecule has 19 heavy (non-hydrogen) atoms. The summed E-state index contributed by atoms with van der Waals surface area (Å²) in [6.07, 6.45) is 3.11. The molecule has 0 bridgehead atoms. The Morgan fingerprint density at radius 2 is 2.16 bits per heavy atom. The normalized spacial score (nSPS) is 11.6. The summed E-state index contributed by atoms with van der Waals surface area (Å²) < 4.78 is 26.7. The van der Waals surface area contributed by atoms with Gasteiger partial charge < -0.3 is 5.32 Å². The van der Waals surface area contributed by atoms with Crippen LogP contribution in [0.25, 0.3) is 0 Å². The quantitative estimate of drug-likeness (QED) is 0.692. The lowest BCUT2D eigenvalue weighted by Crippen LogP contribution is -2.25. The van der Waals surface area contributed by atoms with Gasteiger partial charge >= 0.3 is 0 Å². The number of nitrogens with one attached hydrogen (secondary N) is 3. The molecule has 7 nitrogen and oxygen atoms in total. The van der Waals surface area contributed by atoms with Gasteiger partial charge in [0.1, 0.15) is 0 Å². The molecule has 0 atom stereocenters. The summed E-state index contributed by atoms with van der Waals surface area (Å²) in [5, 5.41) is 9.24. The molecule has 2 heterocycles. The zero-order chi connectivity index (χ0) is 13.7. The molecule has 0 saturated heterocycles. The van der Waals surface area contributed by atoms with Crippen LogP contribution in [-0.4, -0.2) is 30.6 Å². The Morgan fingerprint density at radius 3 is 2.84 bits per heavy atom. The van der Waals surface area contributed by atoms with Crippen molar-refractivity contribution in [3.63, 3.8) is 0 Å². The molecule has 0 aromatic carbocycles. The molecule has 8 heteroatoms. The van der Waals surface area contributed by atoms with Crippen LogP contribution in [0.5, 0.6) is 0 Å².